The Kier molecular flexibility index (Phi) is 7.78. The largest absolute Gasteiger partial charge is 0.497 e. The highest BCUT2D eigenvalue weighted by molar-refractivity contribution is 5.85. The van der Waals surface area contributed by atoms with Crippen LogP contribution in [0.3, 0.4) is 0 Å². The molecule has 1 aromatic carbocycles. The van der Waals surface area contributed by atoms with Crippen molar-refractivity contribution in [3.8, 4) is 11.5 Å². The zero-order valence-corrected chi connectivity index (χ0v) is 11.0. The van der Waals surface area contributed by atoms with Crippen molar-refractivity contribution in [2.75, 3.05) is 13.7 Å². The quantitative estimate of drug-likeness (QED) is 0.830. The predicted octanol–water partition coefficient (Wildman–Crippen LogP) is 1.29. The number of benzene rings is 1. The summed E-state index contributed by atoms with van der Waals surface area (Å²) < 4.78 is 33.7. The van der Waals surface area contributed by atoms with E-state index in [0.29, 0.717) is 11.3 Å². The first-order chi connectivity index (χ1) is 8.56. The lowest BCUT2D eigenvalue weighted by molar-refractivity contribution is -0.119. The Morgan fingerprint density at radius 3 is 2.68 bits per heavy atom. The molecule has 8 heteroatoms. The number of ether oxygens (including phenoxy) is 2. The Labute approximate surface area is 115 Å². The maximum atomic E-state index is 12.2. The van der Waals surface area contributed by atoms with Gasteiger partial charge in [0.25, 0.3) is 0 Å². The average Bonchev–Trinajstić information content (AvgIpc) is 2.36. The Hall–Kier alpha value is -1.60. The molecule has 3 N–H and O–H groups in total. The van der Waals surface area contributed by atoms with E-state index in [4.69, 9.17) is 10.5 Å². The number of hydrogen-bond donors (Lipinski definition) is 2. The molecule has 1 amide bonds. The number of carbonyl (C=O) groups is 1. The molecule has 108 valence electrons. The number of amides is 1. The molecule has 0 atom stereocenters. The number of nitrogens with one attached hydrogen (secondary N) is 1. The maximum Gasteiger partial charge on any atom is 0.387 e. The van der Waals surface area contributed by atoms with Crippen LogP contribution in [0.4, 0.5) is 8.78 Å². The van der Waals surface area contributed by atoms with Crippen molar-refractivity contribution in [3.05, 3.63) is 23.8 Å². The second kappa shape index (κ2) is 8.49. The fourth-order valence-electron chi connectivity index (χ4n) is 1.30. The number of methoxy groups -OCH3 is 1. The number of nitrogens with two attached hydrogens (primary N) is 1. The van der Waals surface area contributed by atoms with E-state index < -0.39 is 6.61 Å². The van der Waals surface area contributed by atoms with Gasteiger partial charge in [-0.25, -0.2) is 0 Å². The second-order valence-electron chi connectivity index (χ2n) is 3.33. The van der Waals surface area contributed by atoms with E-state index in [0.717, 1.165) is 0 Å². The van der Waals surface area contributed by atoms with E-state index in [1.165, 1.54) is 25.3 Å². The Balaban J connectivity index is 0.00000324. The highest BCUT2D eigenvalue weighted by Gasteiger charge is 2.11. The monoisotopic (exact) mass is 296 g/mol. The van der Waals surface area contributed by atoms with Crippen molar-refractivity contribution in [1.82, 2.24) is 5.32 Å². The van der Waals surface area contributed by atoms with E-state index in [1.807, 2.05) is 0 Å². The van der Waals surface area contributed by atoms with Crippen LogP contribution in [0.2, 0.25) is 0 Å². The molecule has 1 rings (SSSR count). The molecular formula is C11H15ClF2N2O3. The molecule has 0 aromatic heterocycles. The molecule has 1 aromatic rings. The summed E-state index contributed by atoms with van der Waals surface area (Å²) in [5.74, 6) is 0.0811. The standard InChI is InChI=1S/C11H14F2N2O3.ClH/c1-17-8-2-3-9(18-11(12)13)7(4-8)6-15-10(16)5-14;/h2-4,11H,5-6,14H2,1H3,(H,15,16);1H. The number of halogens is 3. The van der Waals surface area contributed by atoms with Crippen molar-refractivity contribution < 1.29 is 23.0 Å². The predicted molar refractivity (Wildman–Crippen MR) is 67.8 cm³/mol. The zero-order chi connectivity index (χ0) is 13.5. The van der Waals surface area contributed by atoms with Gasteiger partial charge < -0.3 is 20.5 Å². The molecule has 0 unspecified atom stereocenters. The van der Waals surface area contributed by atoms with Crippen molar-refractivity contribution in [2.24, 2.45) is 5.73 Å². The van der Waals surface area contributed by atoms with Crippen molar-refractivity contribution in [3.63, 3.8) is 0 Å². The third-order valence-corrected chi connectivity index (χ3v) is 2.15. The van der Waals surface area contributed by atoms with Crippen molar-refractivity contribution in [1.29, 1.82) is 0 Å². The van der Waals surface area contributed by atoms with Crippen LogP contribution >= 0.6 is 12.4 Å². The summed E-state index contributed by atoms with van der Waals surface area (Å²) in [6, 6.07) is 4.36. The van der Waals surface area contributed by atoms with Crippen LogP contribution in [0.5, 0.6) is 11.5 Å². The Bertz CT molecular complexity index is 419. The zero-order valence-electron chi connectivity index (χ0n) is 10.2. The molecule has 0 bridgehead atoms. The molecule has 0 spiro atoms. The fraction of sp³-hybridized carbons (Fsp3) is 0.364. The summed E-state index contributed by atoms with van der Waals surface area (Å²) in [4.78, 5) is 11.0. The van der Waals surface area contributed by atoms with Crippen molar-refractivity contribution in [2.45, 2.75) is 13.2 Å². The summed E-state index contributed by atoms with van der Waals surface area (Å²) in [5, 5.41) is 2.47. The smallest absolute Gasteiger partial charge is 0.387 e. The fourth-order valence-corrected chi connectivity index (χ4v) is 1.30. The molecule has 0 fully saturated rings. The van der Waals surface area contributed by atoms with Gasteiger partial charge in [0.05, 0.1) is 13.7 Å². The first-order valence-corrected chi connectivity index (χ1v) is 5.15. The highest BCUT2D eigenvalue weighted by atomic mass is 35.5. The van der Waals surface area contributed by atoms with Gasteiger partial charge >= 0.3 is 6.61 Å². The van der Waals surface area contributed by atoms with E-state index in [9.17, 15) is 13.6 Å². The number of alkyl halides is 2. The van der Waals surface area contributed by atoms with Crippen LogP contribution in [0.15, 0.2) is 18.2 Å². The maximum absolute atomic E-state index is 12.2. The first kappa shape index (κ1) is 17.4. The van der Waals surface area contributed by atoms with Crippen LogP contribution in [0.25, 0.3) is 0 Å². The van der Waals surface area contributed by atoms with E-state index in [-0.39, 0.29) is 37.2 Å². The molecule has 0 saturated carbocycles. The van der Waals surface area contributed by atoms with Gasteiger partial charge in [-0.2, -0.15) is 8.78 Å². The normalized spacial score (nSPS) is 9.74. The van der Waals surface area contributed by atoms with Gasteiger partial charge in [0, 0.05) is 12.1 Å². The van der Waals surface area contributed by atoms with E-state index in [2.05, 4.69) is 10.1 Å². The lowest BCUT2D eigenvalue weighted by Crippen LogP contribution is -2.29. The van der Waals surface area contributed by atoms with E-state index >= 15 is 0 Å². The number of hydrogen-bond acceptors (Lipinski definition) is 4. The lowest BCUT2D eigenvalue weighted by Gasteiger charge is -2.12. The van der Waals surface area contributed by atoms with Gasteiger partial charge in [-0.3, -0.25) is 4.79 Å². The number of carbonyl (C=O) groups excluding carboxylic acids is 1. The summed E-state index contributed by atoms with van der Waals surface area (Å²) in [6.45, 7) is -3.06. The van der Waals surface area contributed by atoms with Gasteiger partial charge in [0.2, 0.25) is 5.91 Å². The Morgan fingerprint density at radius 1 is 1.47 bits per heavy atom. The van der Waals surface area contributed by atoms with Gasteiger partial charge in [-0.05, 0) is 18.2 Å². The third-order valence-electron chi connectivity index (χ3n) is 2.15. The first-order valence-electron chi connectivity index (χ1n) is 5.15. The minimum Gasteiger partial charge on any atom is -0.497 e. The molecule has 0 aliphatic carbocycles. The Morgan fingerprint density at radius 2 is 2.16 bits per heavy atom. The van der Waals surface area contributed by atoms with Gasteiger partial charge in [0.1, 0.15) is 11.5 Å². The molecule has 0 radical (unpaired) electrons. The van der Waals surface area contributed by atoms with Gasteiger partial charge in [0.15, 0.2) is 0 Å². The van der Waals surface area contributed by atoms with Crippen LogP contribution < -0.4 is 20.5 Å². The summed E-state index contributed by atoms with van der Waals surface area (Å²) in [7, 11) is 1.45. The molecule has 19 heavy (non-hydrogen) atoms. The molecule has 0 aliphatic rings. The highest BCUT2D eigenvalue weighted by Crippen LogP contribution is 2.25. The molecule has 5 nitrogen and oxygen atoms in total. The van der Waals surface area contributed by atoms with Crippen LogP contribution in [0.1, 0.15) is 5.56 Å². The van der Waals surface area contributed by atoms with Gasteiger partial charge in [-0.15, -0.1) is 12.4 Å². The minimum atomic E-state index is -2.93. The average molecular weight is 297 g/mol. The number of rotatable bonds is 6. The molecule has 0 saturated heterocycles. The summed E-state index contributed by atoms with van der Waals surface area (Å²) >= 11 is 0. The SMILES string of the molecule is COc1ccc(OC(F)F)c(CNC(=O)CN)c1.Cl. The van der Waals surface area contributed by atoms with Crippen molar-refractivity contribution >= 4 is 18.3 Å². The minimum absolute atomic E-state index is 0. The molecular weight excluding hydrogens is 282 g/mol. The third kappa shape index (κ3) is 5.71. The van der Waals surface area contributed by atoms with Crippen LogP contribution in [-0.2, 0) is 11.3 Å². The summed E-state index contributed by atoms with van der Waals surface area (Å²) in [5.41, 5.74) is 5.51. The van der Waals surface area contributed by atoms with Gasteiger partial charge in [-0.1, -0.05) is 0 Å². The topological polar surface area (TPSA) is 73.6 Å². The van der Waals surface area contributed by atoms with E-state index in [1.54, 1.807) is 0 Å². The molecule has 0 heterocycles. The van der Waals surface area contributed by atoms with Crippen LogP contribution in [0, 0.1) is 0 Å². The molecule has 0 aliphatic heterocycles. The lowest BCUT2D eigenvalue weighted by atomic mass is 10.2. The second-order valence-corrected chi connectivity index (χ2v) is 3.33. The van der Waals surface area contributed by atoms with Crippen LogP contribution in [-0.4, -0.2) is 26.2 Å². The summed E-state index contributed by atoms with van der Waals surface area (Å²) in [6.07, 6.45) is 0.